The molecular weight excluding hydrogens is 588 g/mol. The molecule has 2 bridgehead atoms. The van der Waals surface area contributed by atoms with Crippen LogP contribution >= 0.6 is 0 Å². The fraction of sp³-hybridized carbons (Fsp3) is 0.568. The van der Waals surface area contributed by atoms with E-state index in [2.05, 4.69) is 6.92 Å². The van der Waals surface area contributed by atoms with E-state index in [4.69, 9.17) is 24.1 Å². The normalized spacial score (nSPS) is 24.8. The first kappa shape index (κ1) is 35.0. The van der Waals surface area contributed by atoms with Crippen LogP contribution in [-0.4, -0.2) is 46.8 Å². The second-order valence-corrected chi connectivity index (χ2v) is 13.6. The molecule has 1 N–H and O–H groups in total. The van der Waals surface area contributed by atoms with Crippen LogP contribution in [0.25, 0.3) is 0 Å². The lowest BCUT2D eigenvalue weighted by Crippen LogP contribution is -2.36. The van der Waals surface area contributed by atoms with Gasteiger partial charge in [0.15, 0.2) is 0 Å². The Balaban J connectivity index is 0.000000158. The zero-order valence-corrected chi connectivity index (χ0v) is 27.8. The fourth-order valence-electron chi connectivity index (χ4n) is 6.47. The number of ether oxygens (including phenoxy) is 4. The summed E-state index contributed by atoms with van der Waals surface area (Å²) in [5.74, 6) is 0.364. The molecule has 6 rings (SSSR count). The van der Waals surface area contributed by atoms with Crippen molar-refractivity contribution < 1.29 is 43.2 Å². The SMILES string of the molecule is CC(C)C(=O)OC1C2CC3C(=O)OC1C3C2.CC(C)C(=O)Oc1ccc(O)cc1.CCc1ccc(C(=O)OC2(C)CCCC2)cc1. The summed E-state index contributed by atoms with van der Waals surface area (Å²) in [6.07, 6.45) is 6.80. The standard InChI is InChI=1S/C15H20O2.C12H16O4.C10H12O3/c1-3-12-6-8-13(9-7-12)14(16)17-15(2)10-4-5-11-15;1-5(2)11(13)15-9-6-3-7-8(4-6)12(14)16-10(7)9;1-7(2)10(12)13-9-5-3-8(11)4-6-9/h6-9H,3-5,10-11H2,1-2H3;5-10H,3-4H2,1-2H3;3-7,11H,1-2H3. The van der Waals surface area contributed by atoms with Crippen molar-refractivity contribution in [1.82, 2.24) is 0 Å². The van der Waals surface area contributed by atoms with Crippen LogP contribution in [0, 0.1) is 29.6 Å². The van der Waals surface area contributed by atoms with Crippen LogP contribution < -0.4 is 4.74 Å². The molecule has 1 aliphatic heterocycles. The molecule has 1 saturated heterocycles. The highest BCUT2D eigenvalue weighted by Crippen LogP contribution is 2.55. The van der Waals surface area contributed by atoms with Crippen LogP contribution in [0.5, 0.6) is 11.5 Å². The lowest BCUT2D eigenvalue weighted by atomic mass is 9.88. The summed E-state index contributed by atoms with van der Waals surface area (Å²) < 4.78 is 21.4. The number of hydrogen-bond donors (Lipinski definition) is 1. The van der Waals surface area contributed by atoms with Gasteiger partial charge in [0.05, 0.1) is 23.3 Å². The van der Waals surface area contributed by atoms with E-state index >= 15 is 0 Å². The van der Waals surface area contributed by atoms with E-state index in [0.717, 1.165) is 32.1 Å². The number of carbonyl (C=O) groups is 4. The lowest BCUT2D eigenvalue weighted by Gasteiger charge is -2.25. The molecule has 0 aromatic heterocycles. The first-order valence-corrected chi connectivity index (χ1v) is 16.5. The van der Waals surface area contributed by atoms with Gasteiger partial charge in [-0.05, 0) is 93.8 Å². The van der Waals surface area contributed by atoms with Crippen molar-refractivity contribution in [3.05, 3.63) is 59.7 Å². The summed E-state index contributed by atoms with van der Waals surface area (Å²) in [4.78, 5) is 46.2. The van der Waals surface area contributed by atoms with Crippen molar-refractivity contribution in [3.63, 3.8) is 0 Å². The Hall–Kier alpha value is -3.88. The number of aryl methyl sites for hydroxylation is 1. The minimum Gasteiger partial charge on any atom is -0.508 e. The predicted molar refractivity (Wildman–Crippen MR) is 171 cm³/mol. The van der Waals surface area contributed by atoms with Crippen LogP contribution in [0.15, 0.2) is 48.5 Å². The Morgan fingerprint density at radius 2 is 1.52 bits per heavy atom. The van der Waals surface area contributed by atoms with E-state index in [0.29, 0.717) is 23.1 Å². The van der Waals surface area contributed by atoms with Gasteiger partial charge in [0.1, 0.15) is 29.3 Å². The van der Waals surface area contributed by atoms with Crippen molar-refractivity contribution in [2.45, 2.75) is 104 Å². The Labute approximate surface area is 271 Å². The molecule has 0 radical (unpaired) electrons. The van der Waals surface area contributed by atoms with Crippen molar-refractivity contribution in [3.8, 4) is 11.5 Å². The number of fused-ring (bicyclic) bond motifs is 1. The molecule has 3 saturated carbocycles. The third-order valence-electron chi connectivity index (χ3n) is 9.26. The number of hydrogen-bond acceptors (Lipinski definition) is 9. The molecule has 9 nitrogen and oxygen atoms in total. The molecule has 2 aromatic carbocycles. The minimum atomic E-state index is -0.273. The van der Waals surface area contributed by atoms with Crippen LogP contribution in [0.1, 0.15) is 96.0 Å². The summed E-state index contributed by atoms with van der Waals surface area (Å²) in [7, 11) is 0. The number of phenolic OH excluding ortho intramolecular Hbond substituents is 1. The highest BCUT2D eigenvalue weighted by atomic mass is 16.6. The molecule has 2 aromatic rings. The fourth-order valence-corrected chi connectivity index (χ4v) is 6.47. The average molecular weight is 637 g/mol. The first-order valence-electron chi connectivity index (χ1n) is 16.5. The summed E-state index contributed by atoms with van der Waals surface area (Å²) in [5, 5.41) is 8.96. The highest BCUT2D eigenvalue weighted by molar-refractivity contribution is 5.89. The number of esters is 4. The average Bonchev–Trinajstić information content (AvgIpc) is 3.78. The van der Waals surface area contributed by atoms with Crippen molar-refractivity contribution in [1.29, 1.82) is 0 Å². The predicted octanol–water partition coefficient (Wildman–Crippen LogP) is 6.83. The monoisotopic (exact) mass is 636 g/mol. The molecule has 4 aliphatic rings. The third kappa shape index (κ3) is 8.68. The number of benzene rings is 2. The Morgan fingerprint density at radius 3 is 2.09 bits per heavy atom. The number of rotatable bonds is 7. The molecule has 250 valence electrons. The largest absolute Gasteiger partial charge is 0.508 e. The summed E-state index contributed by atoms with van der Waals surface area (Å²) in [5.41, 5.74) is 1.67. The molecular formula is C37H48O9. The second-order valence-electron chi connectivity index (χ2n) is 13.6. The summed E-state index contributed by atoms with van der Waals surface area (Å²) in [6, 6.07) is 13.8. The zero-order valence-electron chi connectivity index (χ0n) is 27.8. The molecule has 46 heavy (non-hydrogen) atoms. The van der Waals surface area contributed by atoms with Gasteiger partial charge in [-0.2, -0.15) is 0 Å². The van der Waals surface area contributed by atoms with E-state index in [1.165, 1.54) is 30.5 Å². The molecule has 0 spiro atoms. The molecule has 3 aliphatic carbocycles. The maximum absolute atomic E-state index is 12.0. The third-order valence-corrected chi connectivity index (χ3v) is 9.26. The topological polar surface area (TPSA) is 125 Å². The molecule has 1 heterocycles. The van der Waals surface area contributed by atoms with Gasteiger partial charge in [0.25, 0.3) is 0 Å². The maximum Gasteiger partial charge on any atom is 0.338 e. The van der Waals surface area contributed by atoms with Crippen molar-refractivity contribution in [2.75, 3.05) is 0 Å². The van der Waals surface area contributed by atoms with E-state index in [1.807, 2.05) is 45.0 Å². The Kier molecular flexibility index (Phi) is 11.5. The van der Waals surface area contributed by atoms with Crippen molar-refractivity contribution >= 4 is 23.9 Å². The van der Waals surface area contributed by atoms with Gasteiger partial charge in [0.2, 0.25) is 0 Å². The van der Waals surface area contributed by atoms with E-state index in [-0.39, 0.29) is 65.2 Å². The van der Waals surface area contributed by atoms with Crippen LogP contribution in [0.4, 0.5) is 0 Å². The molecule has 4 fully saturated rings. The van der Waals surface area contributed by atoms with Crippen molar-refractivity contribution in [2.24, 2.45) is 29.6 Å². The van der Waals surface area contributed by atoms with Gasteiger partial charge in [-0.25, -0.2) is 4.79 Å². The summed E-state index contributed by atoms with van der Waals surface area (Å²) in [6.45, 7) is 11.3. The first-order chi connectivity index (χ1) is 21.8. The number of aromatic hydroxyl groups is 1. The quantitative estimate of drug-likeness (QED) is 0.198. The van der Waals surface area contributed by atoms with E-state index in [9.17, 15) is 19.2 Å². The van der Waals surface area contributed by atoms with E-state index in [1.54, 1.807) is 26.0 Å². The van der Waals surface area contributed by atoms with E-state index < -0.39 is 0 Å². The Bertz CT molecular complexity index is 1360. The van der Waals surface area contributed by atoms with Gasteiger partial charge >= 0.3 is 23.9 Å². The van der Waals surface area contributed by atoms with Gasteiger partial charge < -0.3 is 24.1 Å². The van der Waals surface area contributed by atoms with Gasteiger partial charge in [-0.3, -0.25) is 14.4 Å². The Morgan fingerprint density at radius 1 is 0.913 bits per heavy atom. The maximum atomic E-state index is 12.0. The number of phenols is 1. The van der Waals surface area contributed by atoms with Crippen LogP contribution in [-0.2, 0) is 35.0 Å². The molecule has 5 unspecified atom stereocenters. The smallest absolute Gasteiger partial charge is 0.338 e. The minimum absolute atomic E-state index is 0.0828. The molecule has 9 heteroatoms. The summed E-state index contributed by atoms with van der Waals surface area (Å²) >= 11 is 0. The zero-order chi connectivity index (χ0) is 33.6. The molecule has 0 amide bonds. The van der Waals surface area contributed by atoms with Gasteiger partial charge in [-0.15, -0.1) is 0 Å². The number of carbonyl (C=O) groups excluding carboxylic acids is 4. The van der Waals surface area contributed by atoms with Crippen LogP contribution in [0.3, 0.4) is 0 Å². The second kappa shape index (κ2) is 15.1. The molecule has 5 atom stereocenters. The van der Waals surface area contributed by atoms with Gasteiger partial charge in [0, 0.05) is 11.8 Å². The highest BCUT2D eigenvalue weighted by Gasteiger charge is 2.63. The lowest BCUT2D eigenvalue weighted by molar-refractivity contribution is -0.164. The van der Waals surface area contributed by atoms with Gasteiger partial charge in [-0.1, -0.05) is 46.8 Å². The van der Waals surface area contributed by atoms with Crippen LogP contribution in [0.2, 0.25) is 0 Å².